The Labute approximate surface area is 116 Å². The van der Waals surface area contributed by atoms with Crippen LogP contribution in [-0.2, 0) is 0 Å². The van der Waals surface area contributed by atoms with E-state index in [9.17, 15) is 9.59 Å². The molecule has 0 aliphatic carbocycles. The molecule has 19 heavy (non-hydrogen) atoms. The normalized spacial score (nSPS) is 9.84. The summed E-state index contributed by atoms with van der Waals surface area (Å²) in [6, 6.07) is 3.92. The average molecular weight is 283 g/mol. The van der Waals surface area contributed by atoms with Gasteiger partial charge < -0.3 is 15.3 Å². The summed E-state index contributed by atoms with van der Waals surface area (Å²) in [4.78, 5) is 24.0. The molecular weight excluding hydrogens is 268 g/mol. The minimum absolute atomic E-state index is 0.00467. The minimum atomic E-state index is -1.11. The van der Waals surface area contributed by atoms with E-state index in [2.05, 4.69) is 11.9 Å². The van der Waals surface area contributed by atoms with Gasteiger partial charge in [0.2, 0.25) is 0 Å². The summed E-state index contributed by atoms with van der Waals surface area (Å²) in [5, 5.41) is 11.5. The summed E-state index contributed by atoms with van der Waals surface area (Å²) in [6.07, 6.45) is 0. The van der Waals surface area contributed by atoms with Crippen LogP contribution >= 0.6 is 11.6 Å². The Hall–Kier alpha value is -2.01. The van der Waals surface area contributed by atoms with Crippen molar-refractivity contribution in [2.75, 3.05) is 18.9 Å². The number of carboxylic acid groups (broad SMARTS) is 1. The van der Waals surface area contributed by atoms with E-state index in [1.54, 1.807) is 7.05 Å². The van der Waals surface area contributed by atoms with Gasteiger partial charge in [0.15, 0.2) is 0 Å². The molecule has 0 spiro atoms. The van der Waals surface area contributed by atoms with Crippen molar-refractivity contribution < 1.29 is 14.7 Å². The lowest BCUT2D eigenvalue weighted by atomic mass is 10.2. The van der Waals surface area contributed by atoms with Crippen LogP contribution < -0.4 is 5.32 Å². The van der Waals surface area contributed by atoms with Gasteiger partial charge in [-0.1, -0.05) is 23.8 Å². The fourth-order valence-corrected chi connectivity index (χ4v) is 1.72. The molecule has 0 fully saturated rings. The number of likely N-dealkylation sites (N-methyl/N-ethyl adjacent to an activating group) is 1. The monoisotopic (exact) mass is 282 g/mol. The molecule has 0 unspecified atom stereocenters. The first-order valence-corrected chi connectivity index (χ1v) is 5.88. The van der Waals surface area contributed by atoms with Gasteiger partial charge in [-0.2, -0.15) is 0 Å². The second-order valence-electron chi connectivity index (χ2n) is 4.24. The van der Waals surface area contributed by atoms with Gasteiger partial charge in [0.05, 0.1) is 10.6 Å². The molecule has 0 aliphatic heterocycles. The van der Waals surface area contributed by atoms with Crippen molar-refractivity contribution >= 4 is 29.3 Å². The number of rotatable bonds is 4. The summed E-state index contributed by atoms with van der Waals surface area (Å²) in [5.41, 5.74) is 1.29. The van der Waals surface area contributed by atoms with Crippen LogP contribution in [0.15, 0.2) is 30.4 Å². The zero-order chi connectivity index (χ0) is 14.6. The Kier molecular flexibility index (Phi) is 4.94. The third-order valence-corrected chi connectivity index (χ3v) is 2.62. The van der Waals surface area contributed by atoms with Crippen molar-refractivity contribution in [3.8, 4) is 0 Å². The molecule has 0 aliphatic rings. The number of hydrogen-bond donors (Lipinski definition) is 2. The number of nitrogens with zero attached hydrogens (tertiary/aromatic N) is 1. The smallest absolute Gasteiger partial charge is 0.337 e. The number of aromatic carboxylic acids is 1. The van der Waals surface area contributed by atoms with Crippen LogP contribution in [0.3, 0.4) is 0 Å². The summed E-state index contributed by atoms with van der Waals surface area (Å²) in [6.45, 7) is 5.98. The first-order chi connectivity index (χ1) is 8.81. The topological polar surface area (TPSA) is 69.6 Å². The van der Waals surface area contributed by atoms with Gasteiger partial charge in [-0.05, 0) is 25.1 Å². The van der Waals surface area contributed by atoms with E-state index in [0.717, 1.165) is 5.57 Å². The number of carbonyl (C=O) groups excluding carboxylic acids is 1. The first-order valence-electron chi connectivity index (χ1n) is 5.50. The predicted octanol–water partition coefficient (Wildman–Crippen LogP) is 3.08. The lowest BCUT2D eigenvalue weighted by molar-refractivity contribution is 0.0697. The molecule has 102 valence electrons. The van der Waals surface area contributed by atoms with E-state index in [1.165, 1.54) is 23.1 Å². The molecule has 0 bridgehead atoms. The first kappa shape index (κ1) is 15.0. The number of amides is 2. The number of urea groups is 1. The number of carboxylic acids is 1. The van der Waals surface area contributed by atoms with Crippen LogP contribution in [0, 0.1) is 0 Å². The zero-order valence-electron chi connectivity index (χ0n) is 10.7. The molecule has 0 aromatic heterocycles. The molecule has 1 aromatic rings. The minimum Gasteiger partial charge on any atom is -0.478 e. The van der Waals surface area contributed by atoms with Gasteiger partial charge in [0.25, 0.3) is 0 Å². The molecule has 0 saturated heterocycles. The summed E-state index contributed by atoms with van der Waals surface area (Å²) in [5.74, 6) is -1.11. The Morgan fingerprint density at radius 2 is 2.11 bits per heavy atom. The number of halogens is 1. The van der Waals surface area contributed by atoms with Crippen molar-refractivity contribution in [2.24, 2.45) is 0 Å². The largest absolute Gasteiger partial charge is 0.478 e. The van der Waals surface area contributed by atoms with Crippen LogP contribution in [0.5, 0.6) is 0 Å². The van der Waals surface area contributed by atoms with Crippen LogP contribution in [0.25, 0.3) is 0 Å². The van der Waals surface area contributed by atoms with E-state index >= 15 is 0 Å². The molecule has 0 atom stereocenters. The van der Waals surface area contributed by atoms with Crippen molar-refractivity contribution in [3.05, 3.63) is 40.9 Å². The van der Waals surface area contributed by atoms with Crippen LogP contribution in [-0.4, -0.2) is 35.6 Å². The maximum Gasteiger partial charge on any atom is 0.337 e. The summed E-state index contributed by atoms with van der Waals surface area (Å²) in [7, 11) is 1.64. The molecule has 1 aromatic carbocycles. The molecule has 6 heteroatoms. The molecule has 0 heterocycles. The lowest BCUT2D eigenvalue weighted by Crippen LogP contribution is -2.32. The summed E-state index contributed by atoms with van der Waals surface area (Å²) >= 11 is 5.81. The Bertz CT molecular complexity index is 529. The number of benzene rings is 1. The molecule has 1 rings (SSSR count). The number of anilines is 1. The highest BCUT2D eigenvalue weighted by Gasteiger charge is 2.12. The van der Waals surface area contributed by atoms with Gasteiger partial charge in [0.1, 0.15) is 0 Å². The zero-order valence-corrected chi connectivity index (χ0v) is 11.5. The van der Waals surface area contributed by atoms with E-state index < -0.39 is 5.97 Å². The van der Waals surface area contributed by atoms with Crippen molar-refractivity contribution in [3.63, 3.8) is 0 Å². The molecule has 2 amide bonds. The van der Waals surface area contributed by atoms with E-state index in [1.807, 2.05) is 6.92 Å². The van der Waals surface area contributed by atoms with Crippen LogP contribution in [0.4, 0.5) is 10.5 Å². The standard InChI is InChI=1S/C13H15ClN2O3/c1-8(2)7-16(3)13(19)15-9-4-5-10(12(17)18)11(14)6-9/h4-6H,1,7H2,2-3H3,(H,15,19)(H,17,18). The van der Waals surface area contributed by atoms with Crippen molar-refractivity contribution in [1.82, 2.24) is 4.90 Å². The molecule has 2 N–H and O–H groups in total. The highest BCUT2D eigenvalue weighted by molar-refractivity contribution is 6.33. The maximum atomic E-state index is 11.8. The fourth-order valence-electron chi connectivity index (χ4n) is 1.46. The summed E-state index contributed by atoms with van der Waals surface area (Å²) < 4.78 is 0. The molecular formula is C13H15ClN2O3. The van der Waals surface area contributed by atoms with Crippen LogP contribution in [0.2, 0.25) is 5.02 Å². The second kappa shape index (κ2) is 6.24. The van der Waals surface area contributed by atoms with E-state index in [-0.39, 0.29) is 16.6 Å². The van der Waals surface area contributed by atoms with Gasteiger partial charge in [0, 0.05) is 19.3 Å². The maximum absolute atomic E-state index is 11.8. The number of hydrogen-bond acceptors (Lipinski definition) is 2. The molecule has 0 radical (unpaired) electrons. The fraction of sp³-hybridized carbons (Fsp3) is 0.231. The van der Waals surface area contributed by atoms with Gasteiger partial charge >= 0.3 is 12.0 Å². The third-order valence-electron chi connectivity index (χ3n) is 2.30. The average Bonchev–Trinajstić information content (AvgIpc) is 2.27. The number of nitrogens with one attached hydrogen (secondary N) is 1. The van der Waals surface area contributed by atoms with E-state index in [4.69, 9.17) is 16.7 Å². The highest BCUT2D eigenvalue weighted by Crippen LogP contribution is 2.21. The van der Waals surface area contributed by atoms with Crippen molar-refractivity contribution in [1.29, 1.82) is 0 Å². The van der Waals surface area contributed by atoms with Gasteiger partial charge in [-0.3, -0.25) is 0 Å². The third kappa shape index (κ3) is 4.30. The Morgan fingerprint density at radius 3 is 2.58 bits per heavy atom. The second-order valence-corrected chi connectivity index (χ2v) is 4.65. The Balaban J connectivity index is 2.78. The van der Waals surface area contributed by atoms with E-state index in [0.29, 0.717) is 12.2 Å². The molecule has 5 nitrogen and oxygen atoms in total. The Morgan fingerprint density at radius 1 is 1.47 bits per heavy atom. The highest BCUT2D eigenvalue weighted by atomic mass is 35.5. The number of carbonyl (C=O) groups is 2. The van der Waals surface area contributed by atoms with Crippen molar-refractivity contribution in [2.45, 2.75) is 6.92 Å². The molecule has 0 saturated carbocycles. The van der Waals surface area contributed by atoms with Gasteiger partial charge in [-0.15, -0.1) is 0 Å². The lowest BCUT2D eigenvalue weighted by Gasteiger charge is -2.18. The predicted molar refractivity (Wildman–Crippen MR) is 74.9 cm³/mol. The SMILES string of the molecule is C=C(C)CN(C)C(=O)Nc1ccc(C(=O)O)c(Cl)c1. The quantitative estimate of drug-likeness (QED) is 0.834. The van der Waals surface area contributed by atoms with Gasteiger partial charge in [-0.25, -0.2) is 9.59 Å². The van der Waals surface area contributed by atoms with Crippen LogP contribution in [0.1, 0.15) is 17.3 Å².